The molecule has 0 amide bonds. The Bertz CT molecular complexity index is 628. The molecule has 0 unspecified atom stereocenters. The summed E-state index contributed by atoms with van der Waals surface area (Å²) in [6.45, 7) is 5.22. The van der Waals surface area contributed by atoms with Crippen LogP contribution in [0.1, 0.15) is 25.0 Å². The standard InChI is InChI=1S/C14H20N2O3S/c1-11(2)16(4)20(18,19)15-14-9-12(3)8-13(10-14)6-5-7-17/h8-11,15,17H,7H2,1-4H3. The summed E-state index contributed by atoms with van der Waals surface area (Å²) in [5.41, 5.74) is 2.00. The average Bonchev–Trinajstić information content (AvgIpc) is 2.34. The van der Waals surface area contributed by atoms with Crippen molar-refractivity contribution >= 4 is 15.9 Å². The fourth-order valence-corrected chi connectivity index (χ4v) is 2.67. The van der Waals surface area contributed by atoms with E-state index < -0.39 is 10.2 Å². The van der Waals surface area contributed by atoms with E-state index in [0.29, 0.717) is 11.3 Å². The number of aliphatic hydroxyl groups excluding tert-OH is 1. The number of anilines is 1. The molecule has 1 aromatic rings. The lowest BCUT2D eigenvalue weighted by atomic mass is 10.1. The first-order valence-corrected chi connectivity index (χ1v) is 7.67. The Hall–Kier alpha value is -1.55. The normalized spacial score (nSPS) is 11.3. The maximum Gasteiger partial charge on any atom is 0.301 e. The molecule has 0 aliphatic rings. The van der Waals surface area contributed by atoms with Gasteiger partial charge in [-0.3, -0.25) is 4.72 Å². The Kier molecular flexibility index (Phi) is 5.57. The van der Waals surface area contributed by atoms with E-state index in [1.807, 2.05) is 13.0 Å². The lowest BCUT2D eigenvalue weighted by molar-refractivity contribution is 0.350. The summed E-state index contributed by atoms with van der Waals surface area (Å²) in [5, 5.41) is 8.69. The number of rotatable bonds is 4. The molecule has 0 fully saturated rings. The third-order valence-electron chi connectivity index (χ3n) is 2.74. The molecule has 0 spiro atoms. The van der Waals surface area contributed by atoms with Gasteiger partial charge in [-0.25, -0.2) is 0 Å². The Morgan fingerprint density at radius 2 is 2.00 bits per heavy atom. The van der Waals surface area contributed by atoms with E-state index in [0.717, 1.165) is 5.56 Å². The van der Waals surface area contributed by atoms with Crippen LogP contribution in [0.2, 0.25) is 0 Å². The van der Waals surface area contributed by atoms with Crippen LogP contribution in [-0.2, 0) is 10.2 Å². The summed E-state index contributed by atoms with van der Waals surface area (Å²) in [5.74, 6) is 5.31. The Morgan fingerprint density at radius 1 is 1.35 bits per heavy atom. The zero-order valence-electron chi connectivity index (χ0n) is 12.1. The highest BCUT2D eigenvalue weighted by Gasteiger charge is 2.20. The maximum absolute atomic E-state index is 12.1. The van der Waals surface area contributed by atoms with Gasteiger partial charge in [0.1, 0.15) is 6.61 Å². The van der Waals surface area contributed by atoms with Crippen molar-refractivity contribution in [2.45, 2.75) is 26.8 Å². The fourth-order valence-electron chi connectivity index (χ4n) is 1.55. The molecule has 0 saturated carbocycles. The van der Waals surface area contributed by atoms with Gasteiger partial charge in [-0.15, -0.1) is 0 Å². The number of nitrogens with one attached hydrogen (secondary N) is 1. The topological polar surface area (TPSA) is 69.6 Å². The molecule has 0 aromatic heterocycles. The van der Waals surface area contributed by atoms with Crippen LogP contribution in [0.25, 0.3) is 0 Å². The second kappa shape index (κ2) is 6.75. The number of hydrogen-bond donors (Lipinski definition) is 2. The predicted molar refractivity (Wildman–Crippen MR) is 80.6 cm³/mol. The summed E-state index contributed by atoms with van der Waals surface area (Å²) < 4.78 is 28.0. The van der Waals surface area contributed by atoms with Crippen LogP contribution < -0.4 is 4.72 Å². The molecule has 110 valence electrons. The van der Waals surface area contributed by atoms with Crippen molar-refractivity contribution in [1.29, 1.82) is 0 Å². The zero-order valence-corrected chi connectivity index (χ0v) is 13.0. The molecule has 5 nitrogen and oxygen atoms in total. The maximum atomic E-state index is 12.1. The van der Waals surface area contributed by atoms with Crippen LogP contribution in [0.5, 0.6) is 0 Å². The largest absolute Gasteiger partial charge is 0.384 e. The van der Waals surface area contributed by atoms with Gasteiger partial charge in [0.15, 0.2) is 0 Å². The van der Waals surface area contributed by atoms with E-state index in [9.17, 15) is 8.42 Å². The Labute approximate surface area is 120 Å². The monoisotopic (exact) mass is 296 g/mol. The molecule has 0 radical (unpaired) electrons. The van der Waals surface area contributed by atoms with Crippen LogP contribution in [0.4, 0.5) is 5.69 Å². The van der Waals surface area contributed by atoms with Gasteiger partial charge in [0, 0.05) is 18.7 Å². The highest BCUT2D eigenvalue weighted by Crippen LogP contribution is 2.17. The summed E-state index contributed by atoms with van der Waals surface area (Å²) in [4.78, 5) is 0. The first-order chi connectivity index (χ1) is 9.26. The third-order valence-corrected chi connectivity index (χ3v) is 4.42. The van der Waals surface area contributed by atoms with Crippen LogP contribution in [0.15, 0.2) is 18.2 Å². The van der Waals surface area contributed by atoms with Gasteiger partial charge in [0.05, 0.1) is 5.69 Å². The molecule has 0 heterocycles. The molecule has 1 rings (SSSR count). The average molecular weight is 296 g/mol. The summed E-state index contributed by atoms with van der Waals surface area (Å²) in [6.07, 6.45) is 0. The smallest absolute Gasteiger partial charge is 0.301 e. The van der Waals surface area contributed by atoms with E-state index in [1.165, 1.54) is 11.4 Å². The minimum atomic E-state index is -3.58. The first-order valence-electron chi connectivity index (χ1n) is 6.23. The molecule has 0 aliphatic carbocycles. The van der Waals surface area contributed by atoms with Crippen molar-refractivity contribution in [2.75, 3.05) is 18.4 Å². The first kappa shape index (κ1) is 16.5. The number of nitrogens with zero attached hydrogens (tertiary/aromatic N) is 1. The molecular weight excluding hydrogens is 276 g/mol. The number of hydrogen-bond acceptors (Lipinski definition) is 3. The third kappa shape index (κ3) is 4.53. The molecule has 0 aliphatic heterocycles. The lowest BCUT2D eigenvalue weighted by Crippen LogP contribution is -2.37. The van der Waals surface area contributed by atoms with Crippen molar-refractivity contribution in [3.63, 3.8) is 0 Å². The molecule has 1 aromatic carbocycles. The van der Waals surface area contributed by atoms with E-state index in [1.54, 1.807) is 26.0 Å². The lowest BCUT2D eigenvalue weighted by Gasteiger charge is -2.21. The van der Waals surface area contributed by atoms with Gasteiger partial charge in [0.2, 0.25) is 0 Å². The molecule has 0 bridgehead atoms. The van der Waals surface area contributed by atoms with Gasteiger partial charge >= 0.3 is 10.2 Å². The zero-order chi connectivity index (χ0) is 15.3. The molecule has 0 saturated heterocycles. The Balaban J connectivity index is 3.07. The van der Waals surface area contributed by atoms with Gasteiger partial charge < -0.3 is 5.11 Å². The fraction of sp³-hybridized carbons (Fsp3) is 0.429. The van der Waals surface area contributed by atoms with Gasteiger partial charge in [-0.1, -0.05) is 11.8 Å². The number of aliphatic hydroxyl groups is 1. The SMILES string of the molecule is Cc1cc(C#CCO)cc(NS(=O)(=O)N(C)C(C)C)c1. The second-order valence-electron chi connectivity index (χ2n) is 4.76. The number of benzene rings is 1. The van der Waals surface area contributed by atoms with Crippen molar-refractivity contribution in [2.24, 2.45) is 0 Å². The molecular formula is C14H20N2O3S. The van der Waals surface area contributed by atoms with E-state index in [2.05, 4.69) is 16.6 Å². The van der Waals surface area contributed by atoms with Crippen molar-refractivity contribution in [1.82, 2.24) is 4.31 Å². The molecule has 2 N–H and O–H groups in total. The van der Waals surface area contributed by atoms with Crippen LogP contribution in [-0.4, -0.2) is 37.5 Å². The van der Waals surface area contributed by atoms with Gasteiger partial charge in [0.25, 0.3) is 0 Å². The highest BCUT2D eigenvalue weighted by atomic mass is 32.2. The second-order valence-corrected chi connectivity index (χ2v) is 6.49. The van der Waals surface area contributed by atoms with Crippen molar-refractivity contribution in [3.8, 4) is 11.8 Å². The Morgan fingerprint density at radius 3 is 2.55 bits per heavy atom. The summed E-state index contributed by atoms with van der Waals surface area (Å²) >= 11 is 0. The van der Waals surface area contributed by atoms with Crippen LogP contribution in [0.3, 0.4) is 0 Å². The van der Waals surface area contributed by atoms with Crippen molar-refractivity contribution < 1.29 is 13.5 Å². The van der Waals surface area contributed by atoms with Gasteiger partial charge in [-0.05, 0) is 44.5 Å². The van der Waals surface area contributed by atoms with Crippen LogP contribution >= 0.6 is 0 Å². The highest BCUT2D eigenvalue weighted by molar-refractivity contribution is 7.90. The predicted octanol–water partition coefficient (Wildman–Crippen LogP) is 1.34. The minimum Gasteiger partial charge on any atom is -0.384 e. The summed E-state index contributed by atoms with van der Waals surface area (Å²) in [7, 11) is -2.06. The van der Waals surface area contributed by atoms with Crippen molar-refractivity contribution in [3.05, 3.63) is 29.3 Å². The molecule has 20 heavy (non-hydrogen) atoms. The molecule has 6 heteroatoms. The van der Waals surface area contributed by atoms with Crippen LogP contribution in [0, 0.1) is 18.8 Å². The number of aryl methyl sites for hydroxylation is 1. The quantitative estimate of drug-likeness (QED) is 0.824. The van der Waals surface area contributed by atoms with E-state index >= 15 is 0 Å². The van der Waals surface area contributed by atoms with E-state index in [4.69, 9.17) is 5.11 Å². The summed E-state index contributed by atoms with van der Waals surface area (Å²) in [6, 6.07) is 5.06. The van der Waals surface area contributed by atoms with Gasteiger partial charge in [-0.2, -0.15) is 12.7 Å². The molecule has 0 atom stereocenters. The minimum absolute atomic E-state index is 0.133. The van der Waals surface area contributed by atoms with E-state index in [-0.39, 0.29) is 12.6 Å².